The highest BCUT2D eigenvalue weighted by molar-refractivity contribution is 5.38. The first-order valence-corrected chi connectivity index (χ1v) is 3.66. The summed E-state index contributed by atoms with van der Waals surface area (Å²) in [5, 5.41) is 7.22. The van der Waals surface area contributed by atoms with Gasteiger partial charge in [-0.05, 0) is 6.92 Å². The van der Waals surface area contributed by atoms with E-state index in [1.165, 1.54) is 0 Å². The van der Waals surface area contributed by atoms with Gasteiger partial charge >= 0.3 is 0 Å². The summed E-state index contributed by atoms with van der Waals surface area (Å²) < 4.78 is 1.78. The van der Waals surface area contributed by atoms with E-state index in [2.05, 4.69) is 16.5 Å². The van der Waals surface area contributed by atoms with E-state index in [0.29, 0.717) is 0 Å². The largest absolute Gasteiger partial charge is 0.379 e. The van der Waals surface area contributed by atoms with Crippen molar-refractivity contribution in [3.05, 3.63) is 24.5 Å². The van der Waals surface area contributed by atoms with Gasteiger partial charge in [0.25, 0.3) is 0 Å². The molecule has 0 fully saturated rings. The first-order valence-electron chi connectivity index (χ1n) is 3.66. The zero-order valence-corrected chi connectivity index (χ0v) is 6.91. The predicted octanol–water partition coefficient (Wildman–Crippen LogP) is 1.41. The van der Waals surface area contributed by atoms with E-state index >= 15 is 0 Å². The summed E-state index contributed by atoms with van der Waals surface area (Å²) in [4.78, 5) is 0. The molecule has 0 saturated heterocycles. The van der Waals surface area contributed by atoms with Crippen LogP contribution < -0.4 is 5.32 Å². The van der Waals surface area contributed by atoms with Gasteiger partial charge in [0, 0.05) is 19.8 Å². The van der Waals surface area contributed by atoms with Crippen LogP contribution in [0, 0.1) is 0 Å². The second-order valence-electron chi connectivity index (χ2n) is 2.35. The molecular formula is C8H13N3. The lowest BCUT2D eigenvalue weighted by molar-refractivity contribution is 0.768. The number of hydrogen-bond donors (Lipinski definition) is 1. The molecule has 0 spiro atoms. The lowest BCUT2D eigenvalue weighted by Crippen LogP contribution is -1.96. The van der Waals surface area contributed by atoms with E-state index in [1.807, 2.05) is 32.4 Å². The van der Waals surface area contributed by atoms with Crippen molar-refractivity contribution in [2.24, 2.45) is 7.05 Å². The van der Waals surface area contributed by atoms with Crippen LogP contribution in [-0.2, 0) is 7.05 Å². The lowest BCUT2D eigenvalue weighted by atomic mass is 10.5. The van der Waals surface area contributed by atoms with Crippen molar-refractivity contribution < 1.29 is 0 Å². The maximum absolute atomic E-state index is 4.03. The van der Waals surface area contributed by atoms with E-state index in [0.717, 1.165) is 12.2 Å². The Kier molecular flexibility index (Phi) is 2.72. The van der Waals surface area contributed by atoms with Gasteiger partial charge in [0.2, 0.25) is 0 Å². The van der Waals surface area contributed by atoms with Gasteiger partial charge in [0.1, 0.15) is 0 Å². The molecule has 0 amide bonds. The van der Waals surface area contributed by atoms with Crippen molar-refractivity contribution in [2.45, 2.75) is 6.92 Å². The van der Waals surface area contributed by atoms with E-state index in [1.54, 1.807) is 4.68 Å². The quantitative estimate of drug-likeness (QED) is 0.662. The van der Waals surface area contributed by atoms with Crippen LogP contribution >= 0.6 is 0 Å². The van der Waals surface area contributed by atoms with Gasteiger partial charge in [-0.1, -0.05) is 12.2 Å². The fourth-order valence-electron chi connectivity index (χ4n) is 0.807. The standard InChI is InChI=1S/C8H13N3/c1-3-4-5-9-8-6-10-11(2)7-8/h3-4,6-7,9H,5H2,1-2H3/b4-3+. The molecule has 0 aliphatic heterocycles. The second kappa shape index (κ2) is 3.81. The maximum Gasteiger partial charge on any atom is 0.0728 e. The Balaban J connectivity index is 2.38. The third-order valence-corrected chi connectivity index (χ3v) is 1.36. The molecule has 0 unspecified atom stereocenters. The third kappa shape index (κ3) is 2.45. The molecule has 1 heterocycles. The Labute approximate surface area is 66.7 Å². The zero-order chi connectivity index (χ0) is 8.10. The highest BCUT2D eigenvalue weighted by Gasteiger charge is 1.90. The maximum atomic E-state index is 4.03. The van der Waals surface area contributed by atoms with Crippen LogP contribution in [0.25, 0.3) is 0 Å². The van der Waals surface area contributed by atoms with E-state index < -0.39 is 0 Å². The minimum absolute atomic E-state index is 0.863. The number of aromatic nitrogens is 2. The molecule has 0 bridgehead atoms. The number of aryl methyl sites for hydroxylation is 1. The Bertz CT molecular complexity index is 237. The second-order valence-corrected chi connectivity index (χ2v) is 2.35. The van der Waals surface area contributed by atoms with E-state index in [9.17, 15) is 0 Å². The molecule has 0 saturated carbocycles. The molecule has 0 aromatic carbocycles. The van der Waals surface area contributed by atoms with Crippen molar-refractivity contribution in [2.75, 3.05) is 11.9 Å². The van der Waals surface area contributed by atoms with E-state index in [4.69, 9.17) is 0 Å². The normalized spacial score (nSPS) is 10.7. The summed E-state index contributed by atoms with van der Waals surface area (Å²) in [5.74, 6) is 0. The Hall–Kier alpha value is -1.25. The fourth-order valence-corrected chi connectivity index (χ4v) is 0.807. The summed E-state index contributed by atoms with van der Waals surface area (Å²) in [6, 6.07) is 0. The van der Waals surface area contributed by atoms with Gasteiger partial charge in [-0.15, -0.1) is 0 Å². The van der Waals surface area contributed by atoms with Gasteiger partial charge in [0.05, 0.1) is 11.9 Å². The van der Waals surface area contributed by atoms with Crippen LogP contribution in [0.4, 0.5) is 5.69 Å². The van der Waals surface area contributed by atoms with E-state index in [-0.39, 0.29) is 0 Å². The van der Waals surface area contributed by atoms with Gasteiger partial charge in [-0.25, -0.2) is 0 Å². The first-order chi connectivity index (χ1) is 5.33. The molecule has 11 heavy (non-hydrogen) atoms. The van der Waals surface area contributed by atoms with Crippen molar-refractivity contribution in [3.63, 3.8) is 0 Å². The summed E-state index contributed by atoms with van der Waals surface area (Å²) in [5.41, 5.74) is 1.06. The lowest BCUT2D eigenvalue weighted by Gasteiger charge is -1.95. The van der Waals surface area contributed by atoms with Crippen LogP contribution in [0.2, 0.25) is 0 Å². The molecule has 0 radical (unpaired) electrons. The molecule has 1 aromatic rings. The topological polar surface area (TPSA) is 29.9 Å². The number of anilines is 1. The van der Waals surface area contributed by atoms with Crippen molar-refractivity contribution in [1.82, 2.24) is 9.78 Å². The molecule has 1 aromatic heterocycles. The number of hydrogen-bond acceptors (Lipinski definition) is 2. The smallest absolute Gasteiger partial charge is 0.0728 e. The fraction of sp³-hybridized carbons (Fsp3) is 0.375. The van der Waals surface area contributed by atoms with Gasteiger partial charge in [-0.2, -0.15) is 5.10 Å². The minimum atomic E-state index is 0.863. The zero-order valence-electron chi connectivity index (χ0n) is 6.91. The van der Waals surface area contributed by atoms with Crippen LogP contribution in [0.3, 0.4) is 0 Å². The van der Waals surface area contributed by atoms with Crippen molar-refractivity contribution in [3.8, 4) is 0 Å². The van der Waals surface area contributed by atoms with Crippen LogP contribution in [0.15, 0.2) is 24.5 Å². The van der Waals surface area contributed by atoms with Crippen molar-refractivity contribution >= 4 is 5.69 Å². The Morgan fingerprint density at radius 2 is 2.55 bits per heavy atom. The predicted molar refractivity (Wildman–Crippen MR) is 46.5 cm³/mol. The molecule has 3 heteroatoms. The molecule has 0 aliphatic rings. The summed E-state index contributed by atoms with van der Waals surface area (Å²) in [6.45, 7) is 2.87. The molecule has 1 rings (SSSR count). The monoisotopic (exact) mass is 151 g/mol. The highest BCUT2D eigenvalue weighted by atomic mass is 15.3. The molecular weight excluding hydrogens is 138 g/mol. The number of nitrogens with one attached hydrogen (secondary N) is 1. The van der Waals surface area contributed by atoms with Gasteiger partial charge in [0.15, 0.2) is 0 Å². The third-order valence-electron chi connectivity index (χ3n) is 1.36. The average molecular weight is 151 g/mol. The Morgan fingerprint density at radius 3 is 3.09 bits per heavy atom. The highest BCUT2D eigenvalue weighted by Crippen LogP contribution is 2.01. The first kappa shape index (κ1) is 7.85. The van der Waals surface area contributed by atoms with Crippen LogP contribution in [0.1, 0.15) is 6.92 Å². The molecule has 1 N–H and O–H groups in total. The van der Waals surface area contributed by atoms with Crippen molar-refractivity contribution in [1.29, 1.82) is 0 Å². The average Bonchev–Trinajstić information content (AvgIpc) is 2.37. The minimum Gasteiger partial charge on any atom is -0.379 e. The molecule has 0 atom stereocenters. The summed E-state index contributed by atoms with van der Waals surface area (Å²) in [7, 11) is 1.90. The number of rotatable bonds is 3. The molecule has 60 valence electrons. The SMILES string of the molecule is C/C=C/CNc1cnn(C)c1. The summed E-state index contributed by atoms with van der Waals surface area (Å²) in [6.07, 6.45) is 7.84. The molecule has 3 nitrogen and oxygen atoms in total. The van der Waals surface area contributed by atoms with Gasteiger partial charge < -0.3 is 5.32 Å². The van der Waals surface area contributed by atoms with Crippen LogP contribution in [-0.4, -0.2) is 16.3 Å². The van der Waals surface area contributed by atoms with Crippen LogP contribution in [0.5, 0.6) is 0 Å². The van der Waals surface area contributed by atoms with Gasteiger partial charge in [-0.3, -0.25) is 4.68 Å². The number of nitrogens with zero attached hydrogens (tertiary/aromatic N) is 2. The molecule has 0 aliphatic carbocycles. The number of allylic oxidation sites excluding steroid dienone is 1. The summed E-state index contributed by atoms with van der Waals surface area (Å²) >= 11 is 0. The Morgan fingerprint density at radius 1 is 1.73 bits per heavy atom.